The second-order valence-corrected chi connectivity index (χ2v) is 3.03. The summed E-state index contributed by atoms with van der Waals surface area (Å²) in [5.41, 5.74) is 0.0122. The topological polar surface area (TPSA) is 55.8 Å². The summed E-state index contributed by atoms with van der Waals surface area (Å²) in [7, 11) is 1.42. The molecular weight excluding hydrogens is 215 g/mol. The molecule has 0 spiro atoms. The van der Waals surface area contributed by atoms with E-state index in [-0.39, 0.29) is 24.3 Å². The maximum atomic E-state index is 11.9. The van der Waals surface area contributed by atoms with Crippen LogP contribution in [0.3, 0.4) is 0 Å². The van der Waals surface area contributed by atoms with Crippen molar-refractivity contribution in [1.82, 2.24) is 0 Å². The van der Waals surface area contributed by atoms with Crippen molar-refractivity contribution in [3.05, 3.63) is 23.8 Å². The highest BCUT2D eigenvalue weighted by Crippen LogP contribution is 2.31. The number of hydrogen-bond donors (Lipinski definition) is 1. The molecule has 0 fully saturated rings. The van der Waals surface area contributed by atoms with Gasteiger partial charge in [0.05, 0.1) is 20.4 Å². The van der Waals surface area contributed by atoms with E-state index in [1.165, 1.54) is 13.2 Å². The van der Waals surface area contributed by atoms with Gasteiger partial charge in [0.25, 0.3) is 0 Å². The van der Waals surface area contributed by atoms with Gasteiger partial charge in [0.15, 0.2) is 11.5 Å². The standard InChI is InChI=1S/C11H13FO4/c1-15-9-5-2-4-8(11(13)14)10(9)16-7-3-6-12/h2,4-5H,3,6-7H2,1H3,(H,13,14). The third-order valence-corrected chi connectivity index (χ3v) is 1.95. The van der Waals surface area contributed by atoms with Gasteiger partial charge in [-0.1, -0.05) is 6.07 Å². The SMILES string of the molecule is COc1cccc(C(=O)O)c1OCCCF. The minimum absolute atomic E-state index is 0.0122. The molecule has 0 aliphatic carbocycles. The van der Waals surface area contributed by atoms with Crippen LogP contribution in [-0.4, -0.2) is 31.5 Å². The summed E-state index contributed by atoms with van der Waals surface area (Å²) in [6.07, 6.45) is 0.219. The van der Waals surface area contributed by atoms with E-state index < -0.39 is 12.6 Å². The summed E-state index contributed by atoms with van der Waals surface area (Å²) in [4.78, 5) is 10.9. The molecule has 0 unspecified atom stereocenters. The van der Waals surface area contributed by atoms with Crippen molar-refractivity contribution in [3.8, 4) is 11.5 Å². The molecule has 1 aromatic carbocycles. The Morgan fingerprint density at radius 2 is 2.25 bits per heavy atom. The number of rotatable bonds is 6. The molecular formula is C11H13FO4. The molecule has 1 rings (SSSR count). The molecule has 16 heavy (non-hydrogen) atoms. The number of ether oxygens (including phenoxy) is 2. The summed E-state index contributed by atoms with van der Waals surface area (Å²) < 4.78 is 22.1. The van der Waals surface area contributed by atoms with Crippen molar-refractivity contribution in [2.45, 2.75) is 6.42 Å². The van der Waals surface area contributed by atoms with Crippen LogP contribution in [0.25, 0.3) is 0 Å². The van der Waals surface area contributed by atoms with E-state index in [4.69, 9.17) is 14.6 Å². The third kappa shape index (κ3) is 2.85. The summed E-state index contributed by atoms with van der Waals surface area (Å²) in [5, 5.41) is 8.93. The summed E-state index contributed by atoms with van der Waals surface area (Å²) >= 11 is 0. The highest BCUT2D eigenvalue weighted by molar-refractivity contribution is 5.92. The summed E-state index contributed by atoms with van der Waals surface area (Å²) in [6.45, 7) is -0.380. The molecule has 5 heteroatoms. The van der Waals surface area contributed by atoms with Crippen LogP contribution >= 0.6 is 0 Å². The van der Waals surface area contributed by atoms with Crippen LogP contribution in [-0.2, 0) is 0 Å². The first-order valence-electron chi connectivity index (χ1n) is 4.79. The van der Waals surface area contributed by atoms with Gasteiger partial charge in [0, 0.05) is 6.42 Å². The lowest BCUT2D eigenvalue weighted by atomic mass is 10.2. The van der Waals surface area contributed by atoms with Crippen molar-refractivity contribution in [3.63, 3.8) is 0 Å². The van der Waals surface area contributed by atoms with Gasteiger partial charge >= 0.3 is 5.97 Å². The van der Waals surface area contributed by atoms with Gasteiger partial charge in [-0.15, -0.1) is 0 Å². The Hall–Kier alpha value is -1.78. The molecule has 88 valence electrons. The molecule has 0 bridgehead atoms. The Labute approximate surface area is 92.6 Å². The number of carboxylic acid groups (broad SMARTS) is 1. The Balaban J connectivity index is 2.95. The molecule has 0 aliphatic heterocycles. The van der Waals surface area contributed by atoms with Crippen LogP contribution in [0.2, 0.25) is 0 Å². The number of hydrogen-bond acceptors (Lipinski definition) is 3. The maximum Gasteiger partial charge on any atom is 0.339 e. The summed E-state index contributed by atoms with van der Waals surface area (Å²) in [5.74, 6) is -0.626. The molecule has 0 aromatic heterocycles. The van der Waals surface area contributed by atoms with Crippen molar-refractivity contribution >= 4 is 5.97 Å². The number of aromatic carboxylic acids is 1. The molecule has 0 aliphatic rings. The Bertz CT molecular complexity index is 365. The minimum Gasteiger partial charge on any atom is -0.493 e. The molecule has 0 amide bonds. The molecule has 0 radical (unpaired) electrons. The van der Waals surface area contributed by atoms with Gasteiger partial charge in [-0.25, -0.2) is 4.79 Å². The number of alkyl halides is 1. The van der Waals surface area contributed by atoms with E-state index >= 15 is 0 Å². The average molecular weight is 228 g/mol. The maximum absolute atomic E-state index is 11.9. The van der Waals surface area contributed by atoms with Crippen LogP contribution in [0.4, 0.5) is 4.39 Å². The molecule has 0 heterocycles. The van der Waals surface area contributed by atoms with E-state index in [1.54, 1.807) is 12.1 Å². The lowest BCUT2D eigenvalue weighted by Crippen LogP contribution is -2.06. The van der Waals surface area contributed by atoms with Crippen molar-refractivity contribution in [2.75, 3.05) is 20.4 Å². The van der Waals surface area contributed by atoms with Gasteiger partial charge in [0.2, 0.25) is 0 Å². The average Bonchev–Trinajstić information content (AvgIpc) is 2.29. The monoisotopic (exact) mass is 228 g/mol. The van der Waals surface area contributed by atoms with Gasteiger partial charge in [-0.2, -0.15) is 0 Å². The predicted molar refractivity (Wildman–Crippen MR) is 56.0 cm³/mol. The second-order valence-electron chi connectivity index (χ2n) is 3.03. The minimum atomic E-state index is -1.10. The number of halogens is 1. The smallest absolute Gasteiger partial charge is 0.339 e. The fraction of sp³-hybridized carbons (Fsp3) is 0.364. The molecule has 1 N–H and O–H groups in total. The van der Waals surface area contributed by atoms with Crippen LogP contribution in [0.5, 0.6) is 11.5 Å². The first kappa shape index (κ1) is 12.3. The van der Waals surface area contributed by atoms with Crippen molar-refractivity contribution in [2.24, 2.45) is 0 Å². The highest BCUT2D eigenvalue weighted by atomic mass is 19.1. The number of benzene rings is 1. The number of carboxylic acids is 1. The zero-order valence-electron chi connectivity index (χ0n) is 8.90. The summed E-state index contributed by atoms with van der Waals surface area (Å²) in [6, 6.07) is 4.57. The molecule has 4 nitrogen and oxygen atoms in total. The zero-order valence-corrected chi connectivity index (χ0v) is 8.90. The normalized spacial score (nSPS) is 9.88. The Kier molecular flexibility index (Phi) is 4.57. The predicted octanol–water partition coefficient (Wildman–Crippen LogP) is 2.13. The Morgan fingerprint density at radius 1 is 1.50 bits per heavy atom. The van der Waals surface area contributed by atoms with E-state index in [1.807, 2.05) is 0 Å². The first-order chi connectivity index (χ1) is 7.70. The van der Waals surface area contributed by atoms with E-state index in [2.05, 4.69) is 0 Å². The quantitative estimate of drug-likeness (QED) is 0.758. The highest BCUT2D eigenvalue weighted by Gasteiger charge is 2.15. The van der Waals surface area contributed by atoms with Crippen LogP contribution < -0.4 is 9.47 Å². The fourth-order valence-corrected chi connectivity index (χ4v) is 1.22. The van der Waals surface area contributed by atoms with E-state index in [0.29, 0.717) is 5.75 Å². The fourth-order valence-electron chi connectivity index (χ4n) is 1.22. The van der Waals surface area contributed by atoms with Crippen molar-refractivity contribution < 1.29 is 23.8 Å². The second kappa shape index (κ2) is 5.95. The Morgan fingerprint density at radius 3 is 2.81 bits per heavy atom. The lowest BCUT2D eigenvalue weighted by molar-refractivity contribution is 0.0691. The third-order valence-electron chi connectivity index (χ3n) is 1.95. The number of carbonyl (C=O) groups is 1. The van der Waals surface area contributed by atoms with Gasteiger partial charge in [0.1, 0.15) is 5.56 Å². The zero-order chi connectivity index (χ0) is 12.0. The first-order valence-corrected chi connectivity index (χ1v) is 4.79. The molecule has 1 aromatic rings. The molecule has 0 atom stereocenters. The largest absolute Gasteiger partial charge is 0.493 e. The molecule has 0 saturated heterocycles. The number of para-hydroxylation sites is 1. The van der Waals surface area contributed by atoms with Crippen LogP contribution in [0, 0.1) is 0 Å². The van der Waals surface area contributed by atoms with E-state index in [0.717, 1.165) is 0 Å². The van der Waals surface area contributed by atoms with Crippen molar-refractivity contribution in [1.29, 1.82) is 0 Å². The lowest BCUT2D eigenvalue weighted by Gasteiger charge is -2.12. The van der Waals surface area contributed by atoms with Crippen LogP contribution in [0.1, 0.15) is 16.8 Å². The van der Waals surface area contributed by atoms with Gasteiger partial charge in [-0.3, -0.25) is 4.39 Å². The van der Waals surface area contributed by atoms with Gasteiger partial charge < -0.3 is 14.6 Å². The van der Waals surface area contributed by atoms with E-state index in [9.17, 15) is 9.18 Å². The number of methoxy groups -OCH3 is 1. The molecule has 0 saturated carbocycles. The van der Waals surface area contributed by atoms with Gasteiger partial charge in [-0.05, 0) is 12.1 Å². The van der Waals surface area contributed by atoms with Crippen LogP contribution in [0.15, 0.2) is 18.2 Å².